The van der Waals surface area contributed by atoms with Gasteiger partial charge in [0, 0.05) is 6.20 Å². The number of ether oxygens (including phenoxy) is 1. The largest absolute Gasteiger partial charge is 0.376 e. The molecule has 4 heteroatoms. The third-order valence-corrected chi connectivity index (χ3v) is 2.62. The van der Waals surface area contributed by atoms with Crippen molar-refractivity contribution in [2.45, 2.75) is 13.0 Å². The van der Waals surface area contributed by atoms with Gasteiger partial charge in [-0.2, -0.15) is 0 Å². The molecule has 2 rings (SSSR count). The number of pyridine rings is 1. The highest BCUT2D eigenvalue weighted by atomic mass is 16.5. The molecule has 1 aromatic carbocycles. The van der Waals surface area contributed by atoms with Crippen LogP contribution in [0.5, 0.6) is 0 Å². The predicted octanol–water partition coefficient (Wildman–Crippen LogP) is 2.13. The van der Waals surface area contributed by atoms with Crippen LogP contribution in [0.15, 0.2) is 48.7 Å². The van der Waals surface area contributed by atoms with Gasteiger partial charge in [0.1, 0.15) is 5.82 Å². The Morgan fingerprint density at radius 3 is 2.72 bits per heavy atom. The van der Waals surface area contributed by atoms with Crippen molar-refractivity contribution in [3.8, 4) is 0 Å². The maximum atomic E-state index is 5.63. The molecular weight excluding hydrogens is 226 g/mol. The number of hydrazine groups is 1. The second-order valence-electron chi connectivity index (χ2n) is 3.98. The molecule has 1 heterocycles. The molecule has 94 valence electrons. The number of hydrogen-bond donors (Lipinski definition) is 2. The molecular formula is C14H17N3O. The van der Waals surface area contributed by atoms with Crippen LogP contribution in [-0.4, -0.2) is 11.6 Å². The topological polar surface area (TPSA) is 60.2 Å². The van der Waals surface area contributed by atoms with Crippen LogP contribution in [0.3, 0.4) is 0 Å². The van der Waals surface area contributed by atoms with Crippen LogP contribution in [0.1, 0.15) is 11.1 Å². The average Bonchev–Trinajstić information content (AvgIpc) is 2.45. The summed E-state index contributed by atoms with van der Waals surface area (Å²) in [6.07, 6.45) is 2.64. The fourth-order valence-corrected chi connectivity index (χ4v) is 1.67. The van der Waals surface area contributed by atoms with Crippen molar-refractivity contribution in [1.82, 2.24) is 4.98 Å². The Morgan fingerprint density at radius 1 is 1.11 bits per heavy atom. The molecule has 0 unspecified atom stereocenters. The van der Waals surface area contributed by atoms with Crippen LogP contribution in [-0.2, 0) is 17.8 Å². The van der Waals surface area contributed by atoms with E-state index in [-0.39, 0.29) is 0 Å². The molecule has 1 aromatic heterocycles. The van der Waals surface area contributed by atoms with E-state index in [9.17, 15) is 0 Å². The summed E-state index contributed by atoms with van der Waals surface area (Å²) in [7, 11) is 0. The van der Waals surface area contributed by atoms with Crippen molar-refractivity contribution in [2.24, 2.45) is 5.84 Å². The molecule has 0 aliphatic rings. The molecule has 4 nitrogen and oxygen atoms in total. The monoisotopic (exact) mass is 243 g/mol. The number of hydrogen-bond acceptors (Lipinski definition) is 4. The summed E-state index contributed by atoms with van der Waals surface area (Å²) < 4.78 is 5.63. The molecule has 0 bridgehead atoms. The van der Waals surface area contributed by atoms with E-state index in [0.29, 0.717) is 19.0 Å². The lowest BCUT2D eigenvalue weighted by Gasteiger charge is -2.06. The lowest BCUT2D eigenvalue weighted by atomic mass is 10.2. The SMILES string of the molecule is NNc1cc(COCCc2ccccc2)ccn1. The third-order valence-electron chi connectivity index (χ3n) is 2.62. The van der Waals surface area contributed by atoms with E-state index in [0.717, 1.165) is 12.0 Å². The smallest absolute Gasteiger partial charge is 0.140 e. The first-order chi connectivity index (χ1) is 8.88. The van der Waals surface area contributed by atoms with Gasteiger partial charge in [0.25, 0.3) is 0 Å². The number of nitrogens with one attached hydrogen (secondary N) is 1. The van der Waals surface area contributed by atoms with E-state index in [1.165, 1.54) is 5.56 Å². The Hall–Kier alpha value is -1.91. The molecule has 0 fully saturated rings. The molecule has 3 N–H and O–H groups in total. The Labute approximate surface area is 107 Å². The van der Waals surface area contributed by atoms with Gasteiger partial charge in [-0.15, -0.1) is 0 Å². The van der Waals surface area contributed by atoms with Crippen molar-refractivity contribution < 1.29 is 4.74 Å². The van der Waals surface area contributed by atoms with E-state index in [4.69, 9.17) is 10.6 Å². The maximum absolute atomic E-state index is 5.63. The highest BCUT2D eigenvalue weighted by molar-refractivity contribution is 5.35. The summed E-state index contributed by atoms with van der Waals surface area (Å²) in [4.78, 5) is 4.04. The second kappa shape index (κ2) is 6.74. The average molecular weight is 243 g/mol. The van der Waals surface area contributed by atoms with Crippen LogP contribution in [0.4, 0.5) is 5.82 Å². The van der Waals surface area contributed by atoms with Gasteiger partial charge >= 0.3 is 0 Å². The number of nitrogens with two attached hydrogens (primary N) is 1. The minimum Gasteiger partial charge on any atom is -0.376 e. The summed E-state index contributed by atoms with van der Waals surface area (Å²) in [5, 5.41) is 0. The third kappa shape index (κ3) is 3.84. The number of benzene rings is 1. The van der Waals surface area contributed by atoms with E-state index in [1.54, 1.807) is 6.20 Å². The van der Waals surface area contributed by atoms with Crippen molar-refractivity contribution >= 4 is 5.82 Å². The number of nitrogens with zero attached hydrogens (tertiary/aromatic N) is 1. The Balaban J connectivity index is 1.75. The van der Waals surface area contributed by atoms with Gasteiger partial charge in [-0.3, -0.25) is 0 Å². The quantitative estimate of drug-likeness (QED) is 0.463. The van der Waals surface area contributed by atoms with Crippen LogP contribution < -0.4 is 11.3 Å². The number of aromatic nitrogens is 1. The summed E-state index contributed by atoms with van der Waals surface area (Å²) in [5.74, 6) is 5.95. The molecule has 0 saturated heterocycles. The molecule has 2 aromatic rings. The number of nitrogen functional groups attached to an aromatic ring is 1. The lowest BCUT2D eigenvalue weighted by molar-refractivity contribution is 0.124. The molecule has 0 aliphatic carbocycles. The zero-order valence-corrected chi connectivity index (χ0v) is 10.2. The summed E-state index contributed by atoms with van der Waals surface area (Å²) in [5.41, 5.74) is 4.87. The second-order valence-corrected chi connectivity index (χ2v) is 3.98. The Bertz CT molecular complexity index is 473. The normalized spacial score (nSPS) is 10.3. The zero-order chi connectivity index (χ0) is 12.6. The number of anilines is 1. The van der Waals surface area contributed by atoms with Gasteiger partial charge < -0.3 is 10.2 Å². The van der Waals surface area contributed by atoms with Gasteiger partial charge in [-0.1, -0.05) is 30.3 Å². The van der Waals surface area contributed by atoms with E-state index < -0.39 is 0 Å². The van der Waals surface area contributed by atoms with Crippen LogP contribution >= 0.6 is 0 Å². The van der Waals surface area contributed by atoms with E-state index >= 15 is 0 Å². The highest BCUT2D eigenvalue weighted by Gasteiger charge is 1.97. The predicted molar refractivity (Wildman–Crippen MR) is 71.8 cm³/mol. The first-order valence-electron chi connectivity index (χ1n) is 5.91. The lowest BCUT2D eigenvalue weighted by Crippen LogP contribution is -2.08. The van der Waals surface area contributed by atoms with Crippen molar-refractivity contribution in [2.75, 3.05) is 12.0 Å². The van der Waals surface area contributed by atoms with Gasteiger partial charge in [-0.05, 0) is 29.7 Å². The van der Waals surface area contributed by atoms with Gasteiger partial charge in [0.2, 0.25) is 0 Å². The molecule has 0 saturated carbocycles. The fraction of sp³-hybridized carbons (Fsp3) is 0.214. The zero-order valence-electron chi connectivity index (χ0n) is 10.2. The molecule has 0 aliphatic heterocycles. The summed E-state index contributed by atoms with van der Waals surface area (Å²) in [6, 6.07) is 14.1. The van der Waals surface area contributed by atoms with Crippen molar-refractivity contribution in [1.29, 1.82) is 0 Å². The Kier molecular flexibility index (Phi) is 4.69. The molecule has 0 atom stereocenters. The van der Waals surface area contributed by atoms with Crippen molar-refractivity contribution in [3.05, 3.63) is 59.8 Å². The standard InChI is InChI=1S/C14H17N3O/c15-17-14-10-13(6-8-16-14)11-18-9-7-12-4-2-1-3-5-12/h1-6,8,10H,7,9,11,15H2,(H,16,17). The van der Waals surface area contributed by atoms with Gasteiger partial charge in [0.15, 0.2) is 0 Å². The van der Waals surface area contributed by atoms with Crippen LogP contribution in [0.25, 0.3) is 0 Å². The molecule has 18 heavy (non-hydrogen) atoms. The van der Waals surface area contributed by atoms with Crippen molar-refractivity contribution in [3.63, 3.8) is 0 Å². The maximum Gasteiger partial charge on any atom is 0.140 e. The highest BCUT2D eigenvalue weighted by Crippen LogP contribution is 2.07. The van der Waals surface area contributed by atoms with Gasteiger partial charge in [-0.25, -0.2) is 10.8 Å². The van der Waals surface area contributed by atoms with Crippen LogP contribution in [0, 0.1) is 0 Å². The van der Waals surface area contributed by atoms with Crippen LogP contribution in [0.2, 0.25) is 0 Å². The molecule has 0 amide bonds. The molecule has 0 radical (unpaired) electrons. The first kappa shape index (κ1) is 12.5. The first-order valence-corrected chi connectivity index (χ1v) is 5.91. The summed E-state index contributed by atoms with van der Waals surface area (Å²) in [6.45, 7) is 1.28. The minimum atomic E-state index is 0.573. The minimum absolute atomic E-state index is 0.573. The van der Waals surface area contributed by atoms with E-state index in [2.05, 4.69) is 22.5 Å². The Morgan fingerprint density at radius 2 is 1.94 bits per heavy atom. The summed E-state index contributed by atoms with van der Waals surface area (Å²) >= 11 is 0. The fourth-order valence-electron chi connectivity index (χ4n) is 1.67. The number of rotatable bonds is 6. The van der Waals surface area contributed by atoms with E-state index in [1.807, 2.05) is 30.3 Å². The van der Waals surface area contributed by atoms with Gasteiger partial charge in [0.05, 0.1) is 13.2 Å². The molecule has 0 spiro atoms.